The van der Waals surface area contributed by atoms with Gasteiger partial charge in [-0.1, -0.05) is 19.1 Å². The number of thiophene rings is 1. The van der Waals surface area contributed by atoms with Crippen LogP contribution < -0.4 is 15.4 Å². The van der Waals surface area contributed by atoms with Crippen molar-refractivity contribution < 1.29 is 9.53 Å². The second-order valence-corrected chi connectivity index (χ2v) is 7.92. The topological polar surface area (TPSA) is 74.1 Å². The number of amides is 1. The fraction of sp³-hybridized carbons (Fsp3) is 0.429. The molecule has 0 bridgehead atoms. The van der Waals surface area contributed by atoms with Gasteiger partial charge in [-0.25, -0.2) is 0 Å². The Labute approximate surface area is 164 Å². The summed E-state index contributed by atoms with van der Waals surface area (Å²) >= 11 is 1.51. The number of ether oxygens (including phenoxy) is 1. The summed E-state index contributed by atoms with van der Waals surface area (Å²) in [5, 5.41) is 16.5. The van der Waals surface area contributed by atoms with Crippen LogP contribution in [0.3, 0.4) is 0 Å². The maximum absolute atomic E-state index is 12.7. The van der Waals surface area contributed by atoms with Crippen LogP contribution >= 0.6 is 11.3 Å². The molecular weight excluding hydrogens is 358 g/mol. The van der Waals surface area contributed by atoms with Crippen molar-refractivity contribution in [1.29, 1.82) is 5.26 Å². The molecule has 3 rings (SSSR count). The first-order chi connectivity index (χ1) is 13.0. The molecule has 0 radical (unpaired) electrons. The molecular formula is C21H25N3O2S. The van der Waals surface area contributed by atoms with E-state index in [0.29, 0.717) is 23.6 Å². The van der Waals surface area contributed by atoms with E-state index in [2.05, 4.69) is 16.7 Å². The molecule has 1 aliphatic heterocycles. The number of benzene rings is 1. The largest absolute Gasteiger partial charge is 0.494 e. The van der Waals surface area contributed by atoms with Gasteiger partial charge in [-0.05, 0) is 49.9 Å². The van der Waals surface area contributed by atoms with E-state index in [0.717, 1.165) is 46.8 Å². The summed E-state index contributed by atoms with van der Waals surface area (Å²) in [5.74, 6) is 0.791. The molecule has 0 fully saturated rings. The van der Waals surface area contributed by atoms with Crippen molar-refractivity contribution in [3.63, 3.8) is 0 Å². The molecule has 1 amide bonds. The lowest BCUT2D eigenvalue weighted by Crippen LogP contribution is -2.22. The van der Waals surface area contributed by atoms with Gasteiger partial charge in [-0.3, -0.25) is 4.79 Å². The fourth-order valence-corrected chi connectivity index (χ4v) is 4.85. The lowest BCUT2D eigenvalue weighted by atomic mass is 9.92. The SMILES string of the molecule is CCOc1cccc(C)c1[C@@H](C)CC(=O)Nc1sc2c(c1C#N)CCNC2. The first kappa shape index (κ1) is 19.4. The van der Waals surface area contributed by atoms with Crippen LogP contribution in [0, 0.1) is 18.3 Å². The Hall–Kier alpha value is -2.36. The lowest BCUT2D eigenvalue weighted by Gasteiger charge is -2.18. The molecule has 2 heterocycles. The molecule has 0 saturated heterocycles. The summed E-state index contributed by atoms with van der Waals surface area (Å²) in [6.07, 6.45) is 1.18. The number of rotatable bonds is 6. The van der Waals surface area contributed by atoms with Crippen LogP contribution in [0.15, 0.2) is 18.2 Å². The Morgan fingerprint density at radius 3 is 3.04 bits per heavy atom. The van der Waals surface area contributed by atoms with Crippen LogP contribution in [-0.2, 0) is 17.8 Å². The van der Waals surface area contributed by atoms with Crippen molar-refractivity contribution in [2.24, 2.45) is 0 Å². The van der Waals surface area contributed by atoms with Crippen molar-refractivity contribution >= 4 is 22.2 Å². The zero-order valence-corrected chi connectivity index (χ0v) is 16.8. The zero-order chi connectivity index (χ0) is 19.4. The molecule has 2 aromatic rings. The normalized spacial score (nSPS) is 14.1. The monoisotopic (exact) mass is 383 g/mol. The minimum absolute atomic E-state index is 0.0227. The standard InChI is InChI=1S/C21H25N3O2S/c1-4-26-17-7-5-6-13(2)20(17)14(3)10-19(25)24-21-16(11-22)15-8-9-23-12-18(15)27-21/h5-7,14,23H,4,8-10,12H2,1-3H3,(H,24,25)/t14-/m0/s1. The molecule has 1 aromatic carbocycles. The Morgan fingerprint density at radius 1 is 1.48 bits per heavy atom. The van der Waals surface area contributed by atoms with Crippen LogP contribution in [0.1, 0.15) is 53.3 Å². The molecule has 5 nitrogen and oxygen atoms in total. The van der Waals surface area contributed by atoms with E-state index in [1.54, 1.807) is 0 Å². The molecule has 6 heteroatoms. The summed E-state index contributed by atoms with van der Waals surface area (Å²) in [5.41, 5.74) is 3.91. The summed E-state index contributed by atoms with van der Waals surface area (Å²) in [6, 6.07) is 8.24. The minimum Gasteiger partial charge on any atom is -0.494 e. The summed E-state index contributed by atoms with van der Waals surface area (Å²) in [4.78, 5) is 13.8. The summed E-state index contributed by atoms with van der Waals surface area (Å²) < 4.78 is 5.75. The minimum atomic E-state index is -0.0729. The zero-order valence-electron chi connectivity index (χ0n) is 16.0. The number of nitriles is 1. The third-order valence-electron chi connectivity index (χ3n) is 4.86. The Morgan fingerprint density at radius 2 is 2.30 bits per heavy atom. The van der Waals surface area contributed by atoms with Crippen LogP contribution in [0.25, 0.3) is 0 Å². The maximum atomic E-state index is 12.7. The van der Waals surface area contributed by atoms with E-state index < -0.39 is 0 Å². The third kappa shape index (κ3) is 4.15. The number of anilines is 1. The molecule has 0 unspecified atom stereocenters. The van der Waals surface area contributed by atoms with Gasteiger partial charge in [0.1, 0.15) is 16.8 Å². The molecule has 0 saturated carbocycles. The Balaban J connectivity index is 1.76. The van der Waals surface area contributed by atoms with Gasteiger partial charge >= 0.3 is 0 Å². The fourth-order valence-electron chi connectivity index (χ4n) is 3.67. The predicted octanol–water partition coefficient (Wildman–Crippen LogP) is 4.10. The predicted molar refractivity (Wildman–Crippen MR) is 108 cm³/mol. The third-order valence-corrected chi connectivity index (χ3v) is 6.01. The van der Waals surface area contributed by atoms with Gasteiger partial charge in [0.05, 0.1) is 12.2 Å². The highest BCUT2D eigenvalue weighted by Gasteiger charge is 2.23. The number of hydrogen-bond donors (Lipinski definition) is 2. The smallest absolute Gasteiger partial charge is 0.225 e. The van der Waals surface area contributed by atoms with Gasteiger partial charge in [0, 0.05) is 23.4 Å². The van der Waals surface area contributed by atoms with Gasteiger partial charge in [0.15, 0.2) is 0 Å². The van der Waals surface area contributed by atoms with E-state index in [1.807, 2.05) is 39.0 Å². The van der Waals surface area contributed by atoms with Gasteiger partial charge < -0.3 is 15.4 Å². The number of carbonyl (C=O) groups is 1. The lowest BCUT2D eigenvalue weighted by molar-refractivity contribution is -0.116. The van der Waals surface area contributed by atoms with Crippen molar-refractivity contribution in [3.8, 4) is 11.8 Å². The molecule has 0 spiro atoms. The molecule has 2 N–H and O–H groups in total. The van der Waals surface area contributed by atoms with Gasteiger partial charge in [0.2, 0.25) is 5.91 Å². The van der Waals surface area contributed by atoms with E-state index in [4.69, 9.17) is 4.74 Å². The van der Waals surface area contributed by atoms with Gasteiger partial charge in [-0.15, -0.1) is 11.3 Å². The van der Waals surface area contributed by atoms with E-state index in [-0.39, 0.29) is 11.8 Å². The van der Waals surface area contributed by atoms with Crippen molar-refractivity contribution in [1.82, 2.24) is 5.32 Å². The molecule has 0 aliphatic carbocycles. The van der Waals surface area contributed by atoms with Gasteiger partial charge in [-0.2, -0.15) is 5.26 Å². The first-order valence-corrected chi connectivity index (χ1v) is 10.1. The molecule has 1 aliphatic rings. The van der Waals surface area contributed by atoms with E-state index in [1.165, 1.54) is 11.3 Å². The quantitative estimate of drug-likeness (QED) is 0.787. The van der Waals surface area contributed by atoms with Crippen molar-refractivity contribution in [2.45, 2.75) is 46.1 Å². The van der Waals surface area contributed by atoms with Crippen LogP contribution in [-0.4, -0.2) is 19.1 Å². The number of nitrogens with one attached hydrogen (secondary N) is 2. The summed E-state index contributed by atoms with van der Waals surface area (Å²) in [6.45, 7) is 8.27. The van der Waals surface area contributed by atoms with Crippen LogP contribution in [0.5, 0.6) is 5.75 Å². The number of aryl methyl sites for hydroxylation is 1. The summed E-state index contributed by atoms with van der Waals surface area (Å²) in [7, 11) is 0. The Kier molecular flexibility index (Phi) is 6.15. The first-order valence-electron chi connectivity index (χ1n) is 9.32. The number of nitrogens with zero attached hydrogens (tertiary/aromatic N) is 1. The van der Waals surface area contributed by atoms with Gasteiger partial charge in [0.25, 0.3) is 0 Å². The number of carbonyl (C=O) groups excluding carboxylic acids is 1. The van der Waals surface area contributed by atoms with Crippen LogP contribution in [0.2, 0.25) is 0 Å². The highest BCUT2D eigenvalue weighted by atomic mass is 32.1. The molecule has 142 valence electrons. The van der Waals surface area contributed by atoms with E-state index >= 15 is 0 Å². The Bertz CT molecular complexity index is 882. The van der Waals surface area contributed by atoms with E-state index in [9.17, 15) is 10.1 Å². The highest BCUT2D eigenvalue weighted by molar-refractivity contribution is 7.16. The number of fused-ring (bicyclic) bond motifs is 1. The second kappa shape index (κ2) is 8.55. The number of hydrogen-bond acceptors (Lipinski definition) is 5. The molecule has 27 heavy (non-hydrogen) atoms. The maximum Gasteiger partial charge on any atom is 0.225 e. The average molecular weight is 384 g/mol. The van der Waals surface area contributed by atoms with Crippen LogP contribution in [0.4, 0.5) is 5.00 Å². The second-order valence-electron chi connectivity index (χ2n) is 6.82. The van der Waals surface area contributed by atoms with Crippen molar-refractivity contribution in [2.75, 3.05) is 18.5 Å². The highest BCUT2D eigenvalue weighted by Crippen LogP contribution is 2.36. The van der Waals surface area contributed by atoms with Crippen molar-refractivity contribution in [3.05, 3.63) is 45.3 Å². The molecule has 1 aromatic heterocycles. The molecule has 1 atom stereocenters. The average Bonchev–Trinajstić information content (AvgIpc) is 2.98.